The lowest BCUT2D eigenvalue weighted by Crippen LogP contribution is -2.41. The average Bonchev–Trinajstić information content (AvgIpc) is 0.800. The van der Waals surface area contributed by atoms with E-state index in [0.29, 0.717) is 66.7 Å². The van der Waals surface area contributed by atoms with Crippen LogP contribution in [0.25, 0.3) is 0 Å². The van der Waals surface area contributed by atoms with Gasteiger partial charge in [0.1, 0.15) is 47.7 Å². The van der Waals surface area contributed by atoms with Crippen LogP contribution in [-0.4, -0.2) is 126 Å². The maximum absolute atomic E-state index is 13.7. The molecule has 3 atom stereocenters. The maximum atomic E-state index is 13.7. The van der Waals surface area contributed by atoms with Gasteiger partial charge in [0.15, 0.2) is 0 Å². The van der Waals surface area contributed by atoms with Crippen LogP contribution in [0.4, 0.5) is 0 Å². The van der Waals surface area contributed by atoms with Crippen LogP contribution >= 0.6 is 34.2 Å². The standard InChI is InChI=1S/C41H46N2O9S2.C40H44N2O7S.CH3ClO2S/c1-31-27-42(40(45)43(39(31)44)30-50-28-32-11-7-5-8-12-32)24-23-38(53-26-25-52-54(46)49-4)29-51-41(33-13-9-6-10-14-33,34-15-19-36(47-2)20-16-34)35-17-21-37(48-3)22-18-35;1-30-26-41(39(45)42(38(30)44)29-48-27-31-10-6-4-7-11-31)23-22-37(50-25-24-43)28-49-40(32-12-8-5-9-13-32,33-14-18-35(46-2)19-15-33)34-16-20-36(47-3)21-17-34;1-5(2,3)4/h5-22,27,38H,23-26,28-30H2,1-4H3;4-21,26,37,43H,22-25,27-29H2,1-3H3;1H3. The van der Waals surface area contributed by atoms with E-state index in [1.807, 2.05) is 206 Å². The van der Waals surface area contributed by atoms with Gasteiger partial charge in [-0.15, -0.1) is 0 Å². The van der Waals surface area contributed by atoms with Crippen molar-refractivity contribution in [3.8, 4) is 23.0 Å². The minimum atomic E-state index is -3.19. The van der Waals surface area contributed by atoms with Crippen LogP contribution in [0.2, 0.25) is 0 Å². The summed E-state index contributed by atoms with van der Waals surface area (Å²) in [6.07, 6.45) is 5.17. The smallest absolute Gasteiger partial charge is 0.332 e. The summed E-state index contributed by atoms with van der Waals surface area (Å²) in [7, 11) is 9.15. The van der Waals surface area contributed by atoms with Crippen LogP contribution in [0.15, 0.2) is 250 Å². The first kappa shape index (κ1) is 85.7. The second-order valence-corrected chi connectivity index (χ2v) is 31.6. The lowest BCUT2D eigenvalue weighted by atomic mass is 9.80. The topological polar surface area (TPSA) is 252 Å². The molecule has 10 rings (SSSR count). The number of benzene rings is 8. The van der Waals surface area contributed by atoms with Crippen molar-refractivity contribution in [1.82, 2.24) is 18.3 Å². The largest absolute Gasteiger partial charge is 0.497 e. The number of thioether (sulfide) groups is 2. The average molecular weight is 1590 g/mol. The Morgan fingerprint density at radius 3 is 1.07 bits per heavy atom. The lowest BCUT2D eigenvalue weighted by Gasteiger charge is -2.37. The second kappa shape index (κ2) is 43.5. The molecule has 2 aromatic heterocycles. The summed E-state index contributed by atoms with van der Waals surface area (Å²) in [4.78, 5) is 53.2. The number of aliphatic hydroxyl groups is 1. The number of halogens is 1. The number of nitrogens with zero attached hydrogens (tertiary/aromatic N) is 4. The Morgan fingerprint density at radius 2 is 0.771 bits per heavy atom. The molecular weight excluding hydrogens is 1490 g/mol. The van der Waals surface area contributed by atoms with E-state index in [0.717, 1.165) is 71.4 Å². The summed E-state index contributed by atoms with van der Waals surface area (Å²) in [5, 5.41) is 9.50. The predicted octanol–water partition coefficient (Wildman–Crippen LogP) is 12.4. The van der Waals surface area contributed by atoms with Crippen LogP contribution in [0.5, 0.6) is 23.0 Å². The number of methoxy groups -OCH3 is 4. The van der Waals surface area contributed by atoms with Crippen molar-refractivity contribution in [3.05, 3.63) is 328 Å². The first-order chi connectivity index (χ1) is 52.7. The Bertz CT molecular complexity index is 4690. The van der Waals surface area contributed by atoms with Gasteiger partial charge in [0, 0.05) is 69.3 Å². The van der Waals surface area contributed by atoms with Crippen molar-refractivity contribution in [2.24, 2.45) is 0 Å². The second-order valence-electron chi connectivity index (χ2n) is 24.8. The highest BCUT2D eigenvalue weighted by molar-refractivity contribution is 8.13. The van der Waals surface area contributed by atoms with Gasteiger partial charge in [0.2, 0.25) is 9.05 Å². The number of rotatable bonds is 39. The van der Waals surface area contributed by atoms with E-state index in [9.17, 15) is 36.9 Å². The third-order valence-electron chi connectivity index (χ3n) is 17.4. The van der Waals surface area contributed by atoms with E-state index in [-0.39, 0.29) is 62.6 Å². The molecule has 0 amide bonds. The molecule has 0 fully saturated rings. The fourth-order valence-electron chi connectivity index (χ4n) is 12.0. The van der Waals surface area contributed by atoms with E-state index < -0.39 is 48.6 Å². The Balaban J connectivity index is 0.000000259. The molecule has 2 heterocycles. The summed E-state index contributed by atoms with van der Waals surface area (Å²) < 4.78 is 93.8. The van der Waals surface area contributed by atoms with Crippen molar-refractivity contribution >= 4 is 54.6 Å². The fourth-order valence-corrected chi connectivity index (χ4v) is 14.2. The normalized spacial score (nSPS) is 12.3. The van der Waals surface area contributed by atoms with Crippen molar-refractivity contribution in [1.29, 1.82) is 0 Å². The van der Waals surface area contributed by atoms with Crippen LogP contribution in [0.1, 0.15) is 68.5 Å². The van der Waals surface area contributed by atoms with Crippen LogP contribution < -0.4 is 41.4 Å². The van der Waals surface area contributed by atoms with Crippen molar-refractivity contribution in [2.45, 2.75) is 88.2 Å². The molecule has 0 radical (unpaired) electrons. The van der Waals surface area contributed by atoms with E-state index in [1.165, 1.54) is 7.11 Å². The minimum absolute atomic E-state index is 0.00461. The highest BCUT2D eigenvalue weighted by atomic mass is 35.7. The van der Waals surface area contributed by atoms with Crippen molar-refractivity contribution < 1.29 is 64.0 Å². The Labute approximate surface area is 651 Å². The zero-order chi connectivity index (χ0) is 78.2. The third-order valence-corrected chi connectivity index (χ3v) is 20.5. The zero-order valence-electron chi connectivity index (χ0n) is 62.2. The Morgan fingerprint density at radius 1 is 0.468 bits per heavy atom. The molecule has 3 unspecified atom stereocenters. The summed E-state index contributed by atoms with van der Waals surface area (Å²) in [6, 6.07) is 70.6. The number of hydrogen-bond acceptors (Lipinski definition) is 20. The first-order valence-electron chi connectivity index (χ1n) is 34.8. The monoisotopic (exact) mass is 1580 g/mol. The van der Waals surface area contributed by atoms with Crippen LogP contribution in [0, 0.1) is 13.8 Å². The lowest BCUT2D eigenvalue weighted by molar-refractivity contribution is 0.0125. The van der Waals surface area contributed by atoms with Crippen molar-refractivity contribution in [3.63, 3.8) is 0 Å². The summed E-state index contributed by atoms with van der Waals surface area (Å²) in [6.45, 7) is 4.97. The van der Waals surface area contributed by atoms with Gasteiger partial charge in [-0.1, -0.05) is 170 Å². The number of aliphatic hydroxyl groups excluding tert-OH is 1. The summed E-state index contributed by atoms with van der Waals surface area (Å²) >= 11 is 1.30. The molecule has 27 heteroatoms. The van der Waals surface area contributed by atoms with Gasteiger partial charge >= 0.3 is 22.7 Å². The highest BCUT2D eigenvalue weighted by Crippen LogP contribution is 2.44. The van der Waals surface area contributed by atoms with E-state index in [2.05, 4.69) is 22.8 Å². The van der Waals surface area contributed by atoms with Crippen LogP contribution in [0.3, 0.4) is 0 Å². The quantitative estimate of drug-likeness (QED) is 0.0213. The zero-order valence-corrected chi connectivity index (χ0v) is 66.2. The van der Waals surface area contributed by atoms with Gasteiger partial charge in [-0.25, -0.2) is 27.1 Å². The molecular formula is C82H93ClN4O18S4. The van der Waals surface area contributed by atoms with E-state index >= 15 is 0 Å². The number of ether oxygens (including phenoxy) is 8. The van der Waals surface area contributed by atoms with Crippen molar-refractivity contribution in [2.75, 3.05) is 79.7 Å². The molecule has 0 saturated heterocycles. The fraction of sp³-hybridized carbons (Fsp3) is 0.317. The molecule has 10 aromatic rings. The van der Waals surface area contributed by atoms with E-state index in [1.54, 1.807) is 87.3 Å². The molecule has 0 aliphatic heterocycles. The van der Waals surface area contributed by atoms with Gasteiger partial charge in [0.25, 0.3) is 11.1 Å². The molecule has 0 aliphatic rings. The molecule has 0 spiro atoms. The molecule has 8 aromatic carbocycles. The number of aromatic nitrogens is 4. The van der Waals surface area contributed by atoms with Crippen LogP contribution in [-0.2, 0) is 98.7 Å². The summed E-state index contributed by atoms with van der Waals surface area (Å²) in [5.41, 5.74) is 4.49. The third kappa shape index (κ3) is 24.8. The molecule has 109 heavy (non-hydrogen) atoms. The molecule has 22 nitrogen and oxygen atoms in total. The Kier molecular flexibility index (Phi) is 34.2. The number of hydrogen-bond donors (Lipinski definition) is 1. The number of aryl methyl sites for hydroxylation is 4. The molecule has 0 saturated carbocycles. The minimum Gasteiger partial charge on any atom is -0.497 e. The maximum Gasteiger partial charge on any atom is 0.332 e. The SMILES string of the molecule is COc1ccc(C(OCC(CCn2cc(C)c(=O)n(COCc3ccccc3)c2=O)SCCO)(c2ccccc2)c2ccc(OC)cc2)cc1.COc1ccc(C(OCC(CCn2cc(C)c(=O)n(COCc3ccccc3)c2=O)SCCOS(=O)OC)(c2ccccc2)c2ccc(OC)cc2)cc1.CS(=O)(=O)Cl. The molecule has 0 bridgehead atoms. The molecule has 580 valence electrons. The summed E-state index contributed by atoms with van der Waals surface area (Å²) in [5.74, 6) is 3.87. The van der Waals surface area contributed by atoms with Gasteiger partial charge in [-0.2, -0.15) is 27.7 Å². The van der Waals surface area contributed by atoms with E-state index in [4.69, 9.17) is 46.3 Å². The molecule has 1 N–H and O–H groups in total. The predicted molar refractivity (Wildman–Crippen MR) is 429 cm³/mol. The van der Waals surface area contributed by atoms with Gasteiger partial charge in [0.05, 0.1) is 81.4 Å². The highest BCUT2D eigenvalue weighted by Gasteiger charge is 2.40. The van der Waals surface area contributed by atoms with Gasteiger partial charge < -0.3 is 52.1 Å². The van der Waals surface area contributed by atoms with Gasteiger partial charge in [-0.3, -0.25) is 18.0 Å². The first-order valence-corrected chi connectivity index (χ1v) is 40.6. The van der Waals surface area contributed by atoms with Gasteiger partial charge in [-0.05, 0) is 120 Å². The molecule has 0 aliphatic carbocycles. The Hall–Kier alpha value is -8.87.